The van der Waals surface area contributed by atoms with E-state index in [1.54, 1.807) is 6.07 Å². The summed E-state index contributed by atoms with van der Waals surface area (Å²) in [4.78, 5) is 1.51. The highest BCUT2D eigenvalue weighted by Gasteiger charge is 2.23. The van der Waals surface area contributed by atoms with Crippen LogP contribution in [0.2, 0.25) is 0 Å². The van der Waals surface area contributed by atoms with Crippen molar-refractivity contribution >= 4 is 11.0 Å². The van der Waals surface area contributed by atoms with E-state index < -0.39 is 0 Å². The van der Waals surface area contributed by atoms with Gasteiger partial charge in [0.05, 0.1) is 0 Å². The first-order valence-electron chi connectivity index (χ1n) is 8.68. The van der Waals surface area contributed by atoms with Crippen LogP contribution < -0.4 is 0 Å². The maximum atomic E-state index is 10.1. The summed E-state index contributed by atoms with van der Waals surface area (Å²) in [6.45, 7) is 6.40. The topological polar surface area (TPSA) is 50.9 Å². The Labute approximate surface area is 152 Å². The average molecular weight is 343 g/mol. The Hall–Kier alpha value is -3.14. The van der Waals surface area contributed by atoms with Gasteiger partial charge in [0.1, 0.15) is 22.5 Å². The molecule has 0 bridgehead atoms. The highest BCUT2D eigenvalue weighted by atomic mass is 16.3. The predicted molar refractivity (Wildman–Crippen MR) is 104 cm³/mol. The summed E-state index contributed by atoms with van der Waals surface area (Å²) in [7, 11) is 0. The quantitative estimate of drug-likeness (QED) is 0.583. The monoisotopic (exact) mass is 343 g/mol. The van der Waals surface area contributed by atoms with E-state index in [1.165, 1.54) is 15.9 Å². The van der Waals surface area contributed by atoms with Crippen LogP contribution >= 0.6 is 0 Å². The van der Waals surface area contributed by atoms with Crippen LogP contribution in [0.1, 0.15) is 30.5 Å². The lowest BCUT2D eigenvalue weighted by molar-refractivity contribution is 0.467. The van der Waals surface area contributed by atoms with Crippen LogP contribution in [0.5, 0.6) is 5.75 Å². The maximum absolute atomic E-state index is 10.1. The molecule has 1 N–H and O–H groups in total. The fourth-order valence-corrected chi connectivity index (χ4v) is 3.23. The van der Waals surface area contributed by atoms with Crippen molar-refractivity contribution in [3.05, 3.63) is 83.4 Å². The van der Waals surface area contributed by atoms with Crippen molar-refractivity contribution in [2.45, 2.75) is 26.2 Å². The van der Waals surface area contributed by atoms with Crippen molar-refractivity contribution in [2.24, 2.45) is 0 Å². The molecule has 0 unspecified atom stereocenters. The second-order valence-corrected chi connectivity index (χ2v) is 7.18. The van der Waals surface area contributed by atoms with Crippen molar-refractivity contribution in [2.75, 3.05) is 0 Å². The molecule has 4 rings (SSSR count). The minimum Gasteiger partial charge on any atom is -0.506 e. The van der Waals surface area contributed by atoms with Crippen molar-refractivity contribution < 1.29 is 5.11 Å². The first-order valence-corrected chi connectivity index (χ1v) is 8.68. The van der Waals surface area contributed by atoms with E-state index in [-0.39, 0.29) is 11.2 Å². The van der Waals surface area contributed by atoms with Gasteiger partial charge in [0.2, 0.25) is 0 Å². The number of aromatic hydroxyl groups is 1. The molecule has 130 valence electrons. The molecule has 3 aromatic carbocycles. The van der Waals surface area contributed by atoms with Crippen LogP contribution in [0.4, 0.5) is 0 Å². The zero-order valence-electron chi connectivity index (χ0n) is 15.1. The number of benzene rings is 3. The Morgan fingerprint density at radius 2 is 1.54 bits per heavy atom. The van der Waals surface area contributed by atoms with Crippen molar-refractivity contribution in [3.8, 4) is 11.4 Å². The van der Waals surface area contributed by atoms with Crippen LogP contribution in [-0.4, -0.2) is 20.1 Å². The first kappa shape index (κ1) is 16.3. The smallest absolute Gasteiger partial charge is 0.143 e. The van der Waals surface area contributed by atoms with Crippen LogP contribution in [0.3, 0.4) is 0 Å². The van der Waals surface area contributed by atoms with Gasteiger partial charge in [0.25, 0.3) is 0 Å². The Morgan fingerprint density at radius 1 is 0.808 bits per heavy atom. The van der Waals surface area contributed by atoms with Crippen molar-refractivity contribution in [1.29, 1.82) is 0 Å². The third kappa shape index (κ3) is 2.73. The van der Waals surface area contributed by atoms with Gasteiger partial charge < -0.3 is 5.11 Å². The SMILES string of the molecule is Cc1ccc(O)c(-n2nc3ccc(C(C)(C)c4ccccc4)cc3n2)c1. The Kier molecular flexibility index (Phi) is 3.76. The zero-order chi connectivity index (χ0) is 18.3. The van der Waals surface area contributed by atoms with E-state index in [2.05, 4.69) is 60.4 Å². The molecule has 0 radical (unpaired) electrons. The van der Waals surface area contributed by atoms with E-state index in [0.717, 1.165) is 16.6 Å². The molecule has 0 spiro atoms. The average Bonchev–Trinajstić information content (AvgIpc) is 3.07. The number of aromatic nitrogens is 3. The summed E-state index contributed by atoms with van der Waals surface area (Å²) in [6, 6.07) is 22.0. The minimum absolute atomic E-state index is 0.134. The van der Waals surface area contributed by atoms with Gasteiger partial charge in [-0.3, -0.25) is 0 Å². The molecule has 0 atom stereocenters. The van der Waals surface area contributed by atoms with E-state index in [1.807, 2.05) is 31.2 Å². The predicted octanol–water partition coefficient (Wildman–Crippen LogP) is 4.76. The molecule has 4 heteroatoms. The van der Waals surface area contributed by atoms with Gasteiger partial charge in [-0.1, -0.05) is 56.3 Å². The van der Waals surface area contributed by atoms with Crippen LogP contribution in [0.25, 0.3) is 16.7 Å². The second-order valence-electron chi connectivity index (χ2n) is 7.18. The number of fused-ring (bicyclic) bond motifs is 1. The van der Waals surface area contributed by atoms with Gasteiger partial charge in [0.15, 0.2) is 0 Å². The third-order valence-electron chi connectivity index (χ3n) is 4.94. The molecule has 0 aliphatic carbocycles. The molecule has 0 fully saturated rings. The third-order valence-corrected chi connectivity index (χ3v) is 4.94. The molecule has 1 heterocycles. The normalized spacial score (nSPS) is 11.8. The highest BCUT2D eigenvalue weighted by Crippen LogP contribution is 2.33. The van der Waals surface area contributed by atoms with Crippen LogP contribution in [0, 0.1) is 6.92 Å². The molecule has 0 saturated carbocycles. The molecule has 0 amide bonds. The fraction of sp³-hybridized carbons (Fsp3) is 0.182. The minimum atomic E-state index is -0.134. The number of phenolic OH excluding ortho intramolecular Hbond substituents is 1. The van der Waals surface area contributed by atoms with E-state index >= 15 is 0 Å². The summed E-state index contributed by atoms with van der Waals surface area (Å²) in [6.07, 6.45) is 0. The molecule has 0 aliphatic heterocycles. The lowest BCUT2D eigenvalue weighted by Gasteiger charge is -2.25. The summed E-state index contributed by atoms with van der Waals surface area (Å²) in [5.74, 6) is 0.167. The lowest BCUT2D eigenvalue weighted by atomic mass is 9.78. The number of nitrogens with zero attached hydrogens (tertiary/aromatic N) is 3. The molecule has 1 aromatic heterocycles. The summed E-state index contributed by atoms with van der Waals surface area (Å²) in [5.41, 5.74) is 5.55. The largest absolute Gasteiger partial charge is 0.506 e. The summed E-state index contributed by atoms with van der Waals surface area (Å²) < 4.78 is 0. The summed E-state index contributed by atoms with van der Waals surface area (Å²) in [5, 5.41) is 19.3. The van der Waals surface area contributed by atoms with E-state index in [9.17, 15) is 5.11 Å². The standard InChI is InChI=1S/C22H21N3O/c1-15-9-12-21(26)20(13-15)25-23-18-11-10-17(14-19(18)24-25)22(2,3)16-7-5-4-6-8-16/h4-14,26H,1-3H3. The molecule has 4 aromatic rings. The molecular formula is C22H21N3O. The molecule has 0 aliphatic rings. The molecular weight excluding hydrogens is 322 g/mol. The van der Waals surface area contributed by atoms with Gasteiger partial charge in [-0.15, -0.1) is 15.0 Å². The number of phenols is 1. The Balaban J connectivity index is 1.80. The van der Waals surface area contributed by atoms with Gasteiger partial charge >= 0.3 is 0 Å². The van der Waals surface area contributed by atoms with Gasteiger partial charge in [-0.05, 0) is 47.9 Å². The number of hydrogen-bond acceptors (Lipinski definition) is 3. The van der Waals surface area contributed by atoms with Crippen LogP contribution in [0.15, 0.2) is 66.7 Å². The van der Waals surface area contributed by atoms with Gasteiger partial charge in [0, 0.05) is 5.41 Å². The molecule has 4 nitrogen and oxygen atoms in total. The number of rotatable bonds is 3. The van der Waals surface area contributed by atoms with Crippen molar-refractivity contribution in [1.82, 2.24) is 15.0 Å². The zero-order valence-corrected chi connectivity index (χ0v) is 15.1. The molecule has 26 heavy (non-hydrogen) atoms. The number of aryl methyl sites for hydroxylation is 1. The van der Waals surface area contributed by atoms with Crippen molar-refractivity contribution in [3.63, 3.8) is 0 Å². The van der Waals surface area contributed by atoms with E-state index in [0.29, 0.717) is 5.69 Å². The first-order chi connectivity index (χ1) is 12.4. The lowest BCUT2D eigenvalue weighted by Crippen LogP contribution is -2.18. The Bertz CT molecular complexity index is 1080. The van der Waals surface area contributed by atoms with Crippen LogP contribution in [-0.2, 0) is 5.41 Å². The van der Waals surface area contributed by atoms with Gasteiger partial charge in [-0.2, -0.15) is 0 Å². The molecule has 0 saturated heterocycles. The maximum Gasteiger partial charge on any atom is 0.143 e. The fourth-order valence-electron chi connectivity index (χ4n) is 3.23. The number of hydrogen-bond donors (Lipinski definition) is 1. The van der Waals surface area contributed by atoms with Gasteiger partial charge in [-0.25, -0.2) is 0 Å². The summed E-state index contributed by atoms with van der Waals surface area (Å²) >= 11 is 0. The Morgan fingerprint density at radius 3 is 2.31 bits per heavy atom. The van der Waals surface area contributed by atoms with E-state index in [4.69, 9.17) is 0 Å². The highest BCUT2D eigenvalue weighted by molar-refractivity contribution is 5.75. The second kappa shape index (κ2) is 5.99.